The molecule has 0 aliphatic carbocycles. The van der Waals surface area contributed by atoms with Crippen LogP contribution < -0.4 is 10.1 Å². The number of aromatic nitrogens is 2. The first-order valence-corrected chi connectivity index (χ1v) is 16.4. The fourth-order valence-electron chi connectivity index (χ4n) is 6.67. The summed E-state index contributed by atoms with van der Waals surface area (Å²) in [5, 5.41) is 17.9. The summed E-state index contributed by atoms with van der Waals surface area (Å²) in [7, 11) is 1.78. The van der Waals surface area contributed by atoms with Gasteiger partial charge in [-0.25, -0.2) is 4.79 Å². The van der Waals surface area contributed by atoms with Gasteiger partial charge >= 0.3 is 6.09 Å². The van der Waals surface area contributed by atoms with Crippen molar-refractivity contribution in [2.75, 3.05) is 39.4 Å². The number of hydrogen-bond donors (Lipinski definition) is 2. The predicted molar refractivity (Wildman–Crippen MR) is 174 cm³/mol. The molecule has 2 amide bonds. The Morgan fingerprint density at radius 2 is 1.74 bits per heavy atom. The number of aryl methyl sites for hydroxylation is 1. The maximum absolute atomic E-state index is 12.9. The van der Waals surface area contributed by atoms with Gasteiger partial charge in [-0.3, -0.25) is 14.4 Å². The lowest BCUT2D eigenvalue weighted by Crippen LogP contribution is -2.59. The number of ether oxygens (including phenoxy) is 3. The van der Waals surface area contributed by atoms with Gasteiger partial charge in [0.05, 0.1) is 17.8 Å². The number of carbonyl (C=O) groups excluding carboxylic acids is 1. The number of amides is 2. The third-order valence-corrected chi connectivity index (χ3v) is 8.97. The molecule has 0 radical (unpaired) electrons. The van der Waals surface area contributed by atoms with Gasteiger partial charge in [0.2, 0.25) is 0 Å². The summed E-state index contributed by atoms with van der Waals surface area (Å²) in [5.41, 5.74) is 2.83. The molecule has 11 heteroatoms. The summed E-state index contributed by atoms with van der Waals surface area (Å²) >= 11 is 0. The molecule has 2 N–H and O–H groups in total. The van der Waals surface area contributed by atoms with Gasteiger partial charge < -0.3 is 29.5 Å². The van der Waals surface area contributed by atoms with Crippen LogP contribution in [-0.4, -0.2) is 88.4 Å². The molecule has 1 aromatic heterocycles. The third-order valence-electron chi connectivity index (χ3n) is 8.97. The molecule has 248 valence electrons. The van der Waals surface area contributed by atoms with E-state index in [0.29, 0.717) is 43.5 Å². The van der Waals surface area contributed by atoms with Crippen LogP contribution in [0.5, 0.6) is 5.75 Å². The van der Waals surface area contributed by atoms with Gasteiger partial charge in [-0.2, -0.15) is 5.10 Å². The van der Waals surface area contributed by atoms with E-state index >= 15 is 0 Å². The number of piperidine rings is 3. The molecule has 3 aliphatic heterocycles. The number of rotatable bonds is 16. The van der Waals surface area contributed by atoms with Gasteiger partial charge in [-0.05, 0) is 81.4 Å². The summed E-state index contributed by atoms with van der Waals surface area (Å²) in [5.74, 6) is 0.716. The summed E-state index contributed by atoms with van der Waals surface area (Å²) in [6, 6.07) is 18.7. The number of fused-ring (bicyclic) bond motifs is 3. The number of hydrogen-bond acceptors (Lipinski definition) is 7. The highest BCUT2D eigenvalue weighted by Crippen LogP contribution is 2.39. The molecular formula is C35H47N5O6. The van der Waals surface area contributed by atoms with E-state index in [4.69, 9.17) is 14.2 Å². The quantitative estimate of drug-likeness (QED) is 0.166. The molecule has 11 nitrogen and oxygen atoms in total. The van der Waals surface area contributed by atoms with Crippen LogP contribution in [0.1, 0.15) is 72.9 Å². The van der Waals surface area contributed by atoms with E-state index in [0.717, 1.165) is 55.7 Å². The molecule has 0 spiro atoms. The number of carboxylic acid groups (broad SMARTS) is 1. The minimum Gasteiger partial charge on any atom is -0.487 e. The van der Waals surface area contributed by atoms with E-state index in [1.165, 1.54) is 0 Å². The number of nitrogens with one attached hydrogen (secondary N) is 1. The normalized spacial score (nSPS) is 19.6. The minimum absolute atomic E-state index is 0.0791. The predicted octanol–water partition coefficient (Wildman–Crippen LogP) is 5.07. The zero-order valence-corrected chi connectivity index (χ0v) is 27.1. The second kappa shape index (κ2) is 16.1. The van der Waals surface area contributed by atoms with Crippen molar-refractivity contribution in [3.63, 3.8) is 0 Å². The molecule has 1 unspecified atom stereocenters. The molecule has 2 bridgehead atoms. The molecule has 3 fully saturated rings. The molecule has 0 saturated carbocycles. The number of benzene rings is 2. The van der Waals surface area contributed by atoms with Crippen molar-refractivity contribution in [3.05, 3.63) is 83.2 Å². The Kier molecular flexibility index (Phi) is 11.7. The van der Waals surface area contributed by atoms with Crippen LogP contribution in [0, 0.1) is 5.92 Å². The van der Waals surface area contributed by atoms with Crippen molar-refractivity contribution < 1.29 is 28.9 Å². The zero-order chi connectivity index (χ0) is 32.5. The fourth-order valence-corrected chi connectivity index (χ4v) is 6.67. The first kappa shape index (κ1) is 33.4. The number of carbonyl (C=O) groups is 2. The molecule has 2 aromatic carbocycles. The maximum Gasteiger partial charge on any atom is 0.408 e. The Bertz CT molecular complexity index is 1420. The summed E-state index contributed by atoms with van der Waals surface area (Å²) in [6.45, 7) is 8.53. The average Bonchev–Trinajstić information content (AvgIpc) is 3.45. The van der Waals surface area contributed by atoms with Crippen molar-refractivity contribution >= 4 is 12.0 Å². The van der Waals surface area contributed by atoms with E-state index < -0.39 is 12.1 Å². The second-order valence-electron chi connectivity index (χ2n) is 12.0. The average molecular weight is 634 g/mol. The first-order chi connectivity index (χ1) is 22.4. The SMILES string of the molecule is CCOC(CCCNC(=O)c1cc(COc2cccc([C@H](c3ccccc3)N(C(=O)O)C3CN4CCC3CC4)c2)n(C)n1)OCC. The van der Waals surface area contributed by atoms with Gasteiger partial charge in [0.1, 0.15) is 12.4 Å². The Balaban J connectivity index is 1.26. The second-order valence-corrected chi connectivity index (χ2v) is 12.0. The Labute approximate surface area is 271 Å². The Morgan fingerprint density at radius 3 is 2.39 bits per heavy atom. The molecule has 3 aromatic rings. The molecule has 3 aliphatic rings. The van der Waals surface area contributed by atoms with Crippen molar-refractivity contribution in [1.82, 2.24) is 24.9 Å². The minimum atomic E-state index is -0.914. The van der Waals surface area contributed by atoms with Gasteiger partial charge in [0.15, 0.2) is 12.0 Å². The van der Waals surface area contributed by atoms with Crippen LogP contribution >= 0.6 is 0 Å². The van der Waals surface area contributed by atoms with Crippen LogP contribution in [0.25, 0.3) is 0 Å². The zero-order valence-electron chi connectivity index (χ0n) is 27.1. The van der Waals surface area contributed by atoms with Gasteiger partial charge in [-0.15, -0.1) is 0 Å². The van der Waals surface area contributed by atoms with E-state index in [9.17, 15) is 14.7 Å². The smallest absolute Gasteiger partial charge is 0.408 e. The largest absolute Gasteiger partial charge is 0.487 e. The van der Waals surface area contributed by atoms with Gasteiger partial charge in [0, 0.05) is 39.8 Å². The Morgan fingerprint density at radius 1 is 1.02 bits per heavy atom. The van der Waals surface area contributed by atoms with Gasteiger partial charge in [-0.1, -0.05) is 42.5 Å². The maximum atomic E-state index is 12.9. The molecule has 3 saturated heterocycles. The van der Waals surface area contributed by atoms with Crippen LogP contribution in [0.4, 0.5) is 4.79 Å². The Hall–Kier alpha value is -3.93. The molecule has 4 heterocycles. The standard InChI is InChI=1S/C35H47N5O6/c1-4-44-32(45-5-2)15-10-18-36-34(41)30-22-28(38(3)37-30)24-46-29-14-9-13-27(21-29)33(26-11-7-6-8-12-26)40(35(42)43)31-23-39-19-16-25(31)17-20-39/h6-9,11-14,21-22,25,31-33H,4-5,10,15-20,23-24H2,1-3H3,(H,36,41)(H,42,43)/t31?,33-/m0/s1. The highest BCUT2D eigenvalue weighted by atomic mass is 16.7. The van der Waals surface area contributed by atoms with E-state index in [1.807, 2.05) is 68.4 Å². The van der Waals surface area contributed by atoms with Crippen molar-refractivity contribution in [1.29, 1.82) is 0 Å². The van der Waals surface area contributed by atoms with Crippen LogP contribution in [-0.2, 0) is 23.1 Å². The van der Waals surface area contributed by atoms with Gasteiger partial charge in [0.25, 0.3) is 5.91 Å². The fraction of sp³-hybridized carbons (Fsp3) is 0.514. The molecule has 46 heavy (non-hydrogen) atoms. The van der Waals surface area contributed by atoms with E-state index in [-0.39, 0.29) is 24.8 Å². The lowest BCUT2D eigenvalue weighted by atomic mass is 9.81. The lowest BCUT2D eigenvalue weighted by molar-refractivity contribution is -0.139. The highest BCUT2D eigenvalue weighted by molar-refractivity contribution is 5.92. The topological polar surface area (TPSA) is 118 Å². The van der Waals surface area contributed by atoms with Crippen molar-refractivity contribution in [2.45, 2.75) is 64.5 Å². The van der Waals surface area contributed by atoms with E-state index in [2.05, 4.69) is 15.3 Å². The van der Waals surface area contributed by atoms with Crippen LogP contribution in [0.3, 0.4) is 0 Å². The first-order valence-electron chi connectivity index (χ1n) is 16.4. The summed E-state index contributed by atoms with van der Waals surface area (Å²) < 4.78 is 19.0. The molecule has 2 atom stereocenters. The molecular weight excluding hydrogens is 586 g/mol. The van der Waals surface area contributed by atoms with Crippen molar-refractivity contribution in [2.24, 2.45) is 13.0 Å². The summed E-state index contributed by atoms with van der Waals surface area (Å²) in [4.78, 5) is 29.8. The number of nitrogens with zero attached hydrogens (tertiary/aromatic N) is 4. The van der Waals surface area contributed by atoms with Crippen LogP contribution in [0.2, 0.25) is 0 Å². The van der Waals surface area contributed by atoms with E-state index in [1.54, 1.807) is 22.7 Å². The molecule has 6 rings (SSSR count). The highest BCUT2D eigenvalue weighted by Gasteiger charge is 2.43. The lowest BCUT2D eigenvalue weighted by Gasteiger charge is -2.50. The third kappa shape index (κ3) is 8.26. The van der Waals surface area contributed by atoms with Crippen LogP contribution in [0.15, 0.2) is 60.7 Å². The monoisotopic (exact) mass is 633 g/mol. The van der Waals surface area contributed by atoms with Crippen molar-refractivity contribution in [3.8, 4) is 5.75 Å². The summed E-state index contributed by atoms with van der Waals surface area (Å²) in [6.07, 6.45) is 2.27.